The molecule has 1 aromatic heterocycles. The summed E-state index contributed by atoms with van der Waals surface area (Å²) in [6.07, 6.45) is 11.2. The van der Waals surface area contributed by atoms with Gasteiger partial charge in [-0.25, -0.2) is 9.97 Å². The van der Waals surface area contributed by atoms with Crippen LogP contribution in [0.5, 0.6) is 0 Å². The van der Waals surface area contributed by atoms with Crippen LogP contribution in [-0.2, 0) is 21.6 Å². The third-order valence-corrected chi connectivity index (χ3v) is 6.89. The van der Waals surface area contributed by atoms with Gasteiger partial charge in [0, 0.05) is 31.5 Å². The van der Waals surface area contributed by atoms with Crippen molar-refractivity contribution in [2.24, 2.45) is 0 Å². The highest BCUT2D eigenvalue weighted by Crippen LogP contribution is 2.44. The maximum atomic E-state index is 12.7. The summed E-state index contributed by atoms with van der Waals surface area (Å²) in [6.45, 7) is 1.69. The van der Waals surface area contributed by atoms with E-state index in [1.807, 2.05) is 6.07 Å². The molecule has 30 heavy (non-hydrogen) atoms. The van der Waals surface area contributed by atoms with Crippen molar-refractivity contribution in [2.75, 3.05) is 18.0 Å². The van der Waals surface area contributed by atoms with Gasteiger partial charge in [-0.05, 0) is 49.3 Å². The predicted molar refractivity (Wildman–Crippen MR) is 115 cm³/mol. The summed E-state index contributed by atoms with van der Waals surface area (Å²) in [7, 11) is 0. The fourth-order valence-corrected chi connectivity index (χ4v) is 5.40. The van der Waals surface area contributed by atoms with E-state index >= 15 is 0 Å². The lowest BCUT2D eigenvalue weighted by atomic mass is 9.78. The van der Waals surface area contributed by atoms with Crippen molar-refractivity contribution < 1.29 is 9.53 Å². The molecule has 1 amide bonds. The number of rotatable bonds is 4. The van der Waals surface area contributed by atoms with Crippen LogP contribution in [0.3, 0.4) is 0 Å². The zero-order valence-electron chi connectivity index (χ0n) is 17.4. The van der Waals surface area contributed by atoms with E-state index in [0.29, 0.717) is 12.5 Å². The lowest BCUT2D eigenvalue weighted by Crippen LogP contribution is -2.50. The molecule has 0 bridgehead atoms. The lowest BCUT2D eigenvalue weighted by molar-refractivity contribution is -0.142. The Bertz CT molecular complexity index is 874. The number of benzene rings is 1. The minimum atomic E-state index is -0.321. The molecule has 1 saturated carbocycles. The van der Waals surface area contributed by atoms with Crippen LogP contribution in [0.2, 0.25) is 0 Å². The molecule has 3 heterocycles. The van der Waals surface area contributed by atoms with Gasteiger partial charge in [0.1, 0.15) is 0 Å². The van der Waals surface area contributed by atoms with Crippen LogP contribution in [-0.4, -0.2) is 41.1 Å². The molecule has 6 nitrogen and oxygen atoms in total. The van der Waals surface area contributed by atoms with Crippen molar-refractivity contribution >= 4 is 11.9 Å². The van der Waals surface area contributed by atoms with Gasteiger partial charge in [-0.3, -0.25) is 4.79 Å². The average Bonchev–Trinajstić information content (AvgIpc) is 3.28. The van der Waals surface area contributed by atoms with Gasteiger partial charge in [-0.1, -0.05) is 37.1 Å². The Morgan fingerprint density at radius 3 is 2.60 bits per heavy atom. The number of aromatic nitrogens is 2. The third kappa shape index (κ3) is 3.93. The van der Waals surface area contributed by atoms with E-state index in [1.54, 1.807) is 12.4 Å². The van der Waals surface area contributed by atoms with Crippen LogP contribution in [0.1, 0.15) is 56.1 Å². The number of carbonyl (C=O) groups excluding carboxylic acids is 1. The Morgan fingerprint density at radius 2 is 1.83 bits per heavy atom. The molecular formula is C24H30N4O2. The molecule has 2 aliphatic heterocycles. The number of amides is 1. The largest absolute Gasteiger partial charge is 0.366 e. The summed E-state index contributed by atoms with van der Waals surface area (Å²) in [5.41, 5.74) is 2.30. The van der Waals surface area contributed by atoms with E-state index in [9.17, 15) is 4.79 Å². The van der Waals surface area contributed by atoms with E-state index in [2.05, 4.69) is 44.5 Å². The monoisotopic (exact) mass is 406 g/mol. The van der Waals surface area contributed by atoms with Gasteiger partial charge in [-0.2, -0.15) is 0 Å². The Balaban J connectivity index is 1.31. The molecule has 5 rings (SSSR count). The highest BCUT2D eigenvalue weighted by molar-refractivity contribution is 5.77. The molecule has 2 aromatic rings. The van der Waals surface area contributed by atoms with Crippen molar-refractivity contribution in [1.29, 1.82) is 0 Å². The first-order valence-corrected chi connectivity index (χ1v) is 11.3. The first-order chi connectivity index (χ1) is 14.7. The molecule has 1 N–H and O–H groups in total. The third-order valence-electron chi connectivity index (χ3n) is 6.89. The summed E-state index contributed by atoms with van der Waals surface area (Å²) < 4.78 is 6.73. The molecule has 1 saturated heterocycles. The fourth-order valence-electron chi connectivity index (χ4n) is 5.40. The molecule has 158 valence electrons. The van der Waals surface area contributed by atoms with Gasteiger partial charge in [0.15, 0.2) is 0 Å². The number of nitrogens with one attached hydrogen (secondary N) is 1. The SMILES string of the molecule is O=C(CC1Cc2ccccc2C2(CCN(c3ncccn3)CC2)O1)NC1CCCC1. The van der Waals surface area contributed by atoms with Gasteiger partial charge < -0.3 is 15.0 Å². The summed E-state index contributed by atoms with van der Waals surface area (Å²) in [4.78, 5) is 23.7. The van der Waals surface area contributed by atoms with Crippen molar-refractivity contribution in [1.82, 2.24) is 15.3 Å². The molecule has 6 heteroatoms. The predicted octanol–water partition coefficient (Wildman–Crippen LogP) is 3.36. The first-order valence-electron chi connectivity index (χ1n) is 11.3. The summed E-state index contributed by atoms with van der Waals surface area (Å²) in [6, 6.07) is 10.8. The van der Waals surface area contributed by atoms with Crippen molar-refractivity contribution in [3.8, 4) is 0 Å². The number of anilines is 1. The quantitative estimate of drug-likeness (QED) is 0.843. The second-order valence-electron chi connectivity index (χ2n) is 8.88. The number of hydrogen-bond acceptors (Lipinski definition) is 5. The van der Waals surface area contributed by atoms with E-state index in [-0.39, 0.29) is 17.6 Å². The molecule has 2 fully saturated rings. The molecule has 1 unspecified atom stereocenters. The maximum Gasteiger partial charge on any atom is 0.225 e. The van der Waals surface area contributed by atoms with Crippen LogP contribution < -0.4 is 10.2 Å². The number of fused-ring (bicyclic) bond motifs is 2. The molecule has 1 atom stereocenters. The zero-order chi connectivity index (χ0) is 20.4. The second kappa shape index (κ2) is 8.34. The van der Waals surface area contributed by atoms with Gasteiger partial charge in [0.05, 0.1) is 18.1 Å². The average molecular weight is 407 g/mol. The van der Waals surface area contributed by atoms with Crippen LogP contribution >= 0.6 is 0 Å². The Morgan fingerprint density at radius 1 is 1.10 bits per heavy atom. The van der Waals surface area contributed by atoms with E-state index in [1.165, 1.54) is 24.0 Å². The maximum absolute atomic E-state index is 12.7. The molecule has 1 aromatic carbocycles. The smallest absolute Gasteiger partial charge is 0.225 e. The summed E-state index contributed by atoms with van der Waals surface area (Å²) >= 11 is 0. The van der Waals surface area contributed by atoms with Crippen molar-refractivity contribution in [3.63, 3.8) is 0 Å². The van der Waals surface area contributed by atoms with Gasteiger partial charge in [-0.15, -0.1) is 0 Å². The Labute approximate surface area is 178 Å². The summed E-state index contributed by atoms with van der Waals surface area (Å²) in [5.74, 6) is 0.917. The van der Waals surface area contributed by atoms with E-state index in [4.69, 9.17) is 4.74 Å². The normalized spacial score (nSPS) is 23.3. The minimum absolute atomic E-state index is 0.0687. The fraction of sp³-hybridized carbons (Fsp3) is 0.542. The molecule has 0 radical (unpaired) electrons. The Kier molecular flexibility index (Phi) is 5.42. The highest BCUT2D eigenvalue weighted by atomic mass is 16.5. The number of ether oxygens (including phenoxy) is 1. The standard InChI is InChI=1S/C24H30N4O2/c29-22(27-19-7-2-3-8-19)17-20-16-18-6-1-4-9-21(18)24(30-20)10-14-28(15-11-24)23-25-12-5-13-26-23/h1,4-6,9,12-13,19-20H,2-3,7-8,10-11,14-17H2,(H,27,29). The molecule has 1 aliphatic carbocycles. The van der Waals surface area contributed by atoms with Gasteiger partial charge in [0.2, 0.25) is 11.9 Å². The number of carbonyl (C=O) groups is 1. The number of hydrogen-bond donors (Lipinski definition) is 1. The van der Waals surface area contributed by atoms with Gasteiger partial charge in [0.25, 0.3) is 0 Å². The molecule has 3 aliphatic rings. The van der Waals surface area contributed by atoms with Crippen LogP contribution in [0.15, 0.2) is 42.7 Å². The lowest BCUT2D eigenvalue weighted by Gasteiger charge is -2.47. The highest BCUT2D eigenvalue weighted by Gasteiger charge is 2.44. The van der Waals surface area contributed by atoms with Crippen molar-refractivity contribution in [2.45, 2.75) is 69.1 Å². The Hall–Kier alpha value is -2.47. The van der Waals surface area contributed by atoms with Crippen molar-refractivity contribution in [3.05, 3.63) is 53.9 Å². The van der Waals surface area contributed by atoms with E-state index in [0.717, 1.165) is 51.1 Å². The van der Waals surface area contributed by atoms with Gasteiger partial charge >= 0.3 is 0 Å². The second-order valence-corrected chi connectivity index (χ2v) is 8.88. The first kappa shape index (κ1) is 19.5. The summed E-state index contributed by atoms with van der Waals surface area (Å²) in [5, 5.41) is 3.23. The topological polar surface area (TPSA) is 67.4 Å². The van der Waals surface area contributed by atoms with Crippen LogP contribution in [0.4, 0.5) is 5.95 Å². The number of piperidine rings is 1. The molecule has 1 spiro atoms. The zero-order valence-corrected chi connectivity index (χ0v) is 17.4. The van der Waals surface area contributed by atoms with Crippen LogP contribution in [0, 0.1) is 0 Å². The molecular weight excluding hydrogens is 376 g/mol. The number of nitrogens with zero attached hydrogens (tertiary/aromatic N) is 3. The van der Waals surface area contributed by atoms with Crippen LogP contribution in [0.25, 0.3) is 0 Å². The minimum Gasteiger partial charge on any atom is -0.366 e. The van der Waals surface area contributed by atoms with E-state index < -0.39 is 0 Å².